The molecule has 112 valence electrons. The number of benzene rings is 1. The number of nitrogens with zero attached hydrogens (tertiary/aromatic N) is 1. The summed E-state index contributed by atoms with van der Waals surface area (Å²) in [5.74, 6) is -2.74. The maximum atomic E-state index is 12.3. The van der Waals surface area contributed by atoms with Crippen molar-refractivity contribution in [2.24, 2.45) is 11.8 Å². The minimum atomic E-state index is -0.626. The molecular weight excluding hydrogens is 288 g/mol. The maximum Gasteiger partial charge on any atom is 0.270 e. The van der Waals surface area contributed by atoms with Crippen molar-refractivity contribution in [3.05, 3.63) is 42.0 Å². The highest BCUT2D eigenvalue weighted by Crippen LogP contribution is 2.44. The smallest absolute Gasteiger partial charge is 0.270 e. The van der Waals surface area contributed by atoms with Crippen molar-refractivity contribution >= 4 is 17.7 Å². The highest BCUT2D eigenvalue weighted by Gasteiger charge is 2.61. The Bertz CT molecular complexity index is 698. The normalized spacial score (nSPS) is 31.7. The lowest BCUT2D eigenvalue weighted by atomic mass is 9.85. The SMILES string of the molecule is O=C(NN1C(=O)[C@H]2[C@H](C1=O)[C@H]1C=C[C@H]2O1)c1cccc(O)c1. The fourth-order valence-electron chi connectivity index (χ4n) is 3.23. The number of ether oxygens (including phenoxy) is 1. The molecule has 2 fully saturated rings. The van der Waals surface area contributed by atoms with Crippen LogP contribution in [0, 0.1) is 11.8 Å². The van der Waals surface area contributed by atoms with Gasteiger partial charge in [-0.1, -0.05) is 18.2 Å². The van der Waals surface area contributed by atoms with E-state index in [2.05, 4.69) is 5.43 Å². The molecule has 2 N–H and O–H groups in total. The molecule has 7 heteroatoms. The Hall–Kier alpha value is -2.67. The number of hydrogen-bond acceptors (Lipinski definition) is 5. The van der Waals surface area contributed by atoms with E-state index in [1.165, 1.54) is 24.3 Å². The molecule has 0 aliphatic carbocycles. The number of carbonyl (C=O) groups is 3. The first kappa shape index (κ1) is 13.0. The van der Waals surface area contributed by atoms with Gasteiger partial charge in [0.1, 0.15) is 5.75 Å². The molecule has 22 heavy (non-hydrogen) atoms. The van der Waals surface area contributed by atoms with Gasteiger partial charge >= 0.3 is 0 Å². The van der Waals surface area contributed by atoms with Crippen molar-refractivity contribution in [2.75, 3.05) is 0 Å². The second-order valence-corrected chi connectivity index (χ2v) is 5.50. The second-order valence-electron chi connectivity index (χ2n) is 5.50. The van der Waals surface area contributed by atoms with Gasteiger partial charge in [0.05, 0.1) is 24.0 Å². The molecule has 2 saturated heterocycles. The van der Waals surface area contributed by atoms with E-state index in [-0.39, 0.29) is 11.3 Å². The van der Waals surface area contributed by atoms with Crippen LogP contribution in [0.3, 0.4) is 0 Å². The van der Waals surface area contributed by atoms with Crippen LogP contribution in [0.2, 0.25) is 0 Å². The molecule has 2 bridgehead atoms. The molecule has 3 aliphatic rings. The Kier molecular flexibility index (Phi) is 2.61. The van der Waals surface area contributed by atoms with E-state index in [9.17, 15) is 19.5 Å². The first-order chi connectivity index (χ1) is 10.6. The number of nitrogens with one attached hydrogen (secondary N) is 1. The van der Waals surface area contributed by atoms with E-state index in [0.717, 1.165) is 5.01 Å². The lowest BCUT2D eigenvalue weighted by Gasteiger charge is -2.18. The van der Waals surface area contributed by atoms with Crippen molar-refractivity contribution in [3.63, 3.8) is 0 Å². The van der Waals surface area contributed by atoms with Crippen molar-refractivity contribution < 1.29 is 24.2 Å². The van der Waals surface area contributed by atoms with Gasteiger partial charge in [-0.05, 0) is 18.2 Å². The Labute approximate surface area is 125 Å². The number of imide groups is 1. The maximum absolute atomic E-state index is 12.3. The van der Waals surface area contributed by atoms with Gasteiger partial charge in [0.25, 0.3) is 17.7 Å². The third kappa shape index (κ3) is 1.69. The number of phenols is 1. The standard InChI is InChI=1S/C15H12N2O5/c18-8-3-1-2-7(6-8)13(19)16-17-14(20)11-9-4-5-10(22-9)12(11)15(17)21/h1-6,9-12,18H,(H,16,19)/t9-,10-,11-,12-/m1/s1. The number of fused-ring (bicyclic) bond motifs is 5. The molecule has 1 aromatic rings. The summed E-state index contributed by atoms with van der Waals surface area (Å²) in [5, 5.41) is 10.2. The van der Waals surface area contributed by atoms with Crippen LogP contribution in [0.25, 0.3) is 0 Å². The van der Waals surface area contributed by atoms with Crippen molar-refractivity contribution in [1.29, 1.82) is 0 Å². The summed E-state index contributed by atoms with van der Waals surface area (Å²) >= 11 is 0. The molecule has 3 amide bonds. The van der Waals surface area contributed by atoms with Crippen LogP contribution < -0.4 is 5.43 Å². The number of carbonyl (C=O) groups excluding carboxylic acids is 3. The van der Waals surface area contributed by atoms with Gasteiger partial charge in [-0.15, -0.1) is 0 Å². The number of amides is 3. The molecule has 3 aliphatic heterocycles. The third-order valence-corrected chi connectivity index (χ3v) is 4.23. The molecule has 0 saturated carbocycles. The van der Waals surface area contributed by atoms with Crippen molar-refractivity contribution in [3.8, 4) is 5.75 Å². The van der Waals surface area contributed by atoms with Gasteiger partial charge in [-0.3, -0.25) is 19.8 Å². The van der Waals surface area contributed by atoms with E-state index < -0.39 is 41.8 Å². The van der Waals surface area contributed by atoms with Crippen LogP contribution in [0.15, 0.2) is 36.4 Å². The van der Waals surface area contributed by atoms with E-state index in [1.54, 1.807) is 12.2 Å². The average Bonchev–Trinajstić information content (AvgIpc) is 3.17. The summed E-state index contributed by atoms with van der Waals surface area (Å²) in [6.45, 7) is 0. The first-order valence-corrected chi connectivity index (χ1v) is 6.88. The van der Waals surface area contributed by atoms with Gasteiger partial charge in [0.2, 0.25) is 0 Å². The summed E-state index contributed by atoms with van der Waals surface area (Å²) in [4.78, 5) is 36.8. The van der Waals surface area contributed by atoms with Gasteiger partial charge in [0, 0.05) is 5.56 Å². The minimum absolute atomic E-state index is 0.0701. The zero-order valence-electron chi connectivity index (χ0n) is 11.3. The fourth-order valence-corrected chi connectivity index (χ4v) is 3.23. The number of hydrazine groups is 1. The minimum Gasteiger partial charge on any atom is -0.508 e. The molecule has 0 aromatic heterocycles. The predicted molar refractivity (Wildman–Crippen MR) is 72.2 cm³/mol. The van der Waals surface area contributed by atoms with Crippen LogP contribution in [-0.4, -0.2) is 40.0 Å². The molecule has 3 heterocycles. The topological polar surface area (TPSA) is 95.9 Å². The number of phenolic OH excluding ortho intramolecular Hbond substituents is 1. The molecule has 4 atom stereocenters. The molecule has 4 rings (SSSR count). The van der Waals surface area contributed by atoms with E-state index in [1.807, 2.05) is 0 Å². The largest absolute Gasteiger partial charge is 0.508 e. The third-order valence-electron chi connectivity index (χ3n) is 4.23. The summed E-state index contributed by atoms with van der Waals surface area (Å²) in [5.41, 5.74) is 2.48. The van der Waals surface area contributed by atoms with Crippen LogP contribution >= 0.6 is 0 Å². The zero-order chi connectivity index (χ0) is 15.4. The first-order valence-electron chi connectivity index (χ1n) is 6.88. The number of aromatic hydroxyl groups is 1. The van der Waals surface area contributed by atoms with Crippen LogP contribution in [-0.2, 0) is 14.3 Å². The lowest BCUT2D eigenvalue weighted by molar-refractivity contribution is -0.145. The van der Waals surface area contributed by atoms with Gasteiger partial charge < -0.3 is 9.84 Å². The van der Waals surface area contributed by atoms with Gasteiger partial charge in [-0.2, -0.15) is 5.01 Å². The fraction of sp³-hybridized carbons (Fsp3) is 0.267. The van der Waals surface area contributed by atoms with E-state index in [4.69, 9.17) is 4.74 Å². The van der Waals surface area contributed by atoms with Crippen molar-refractivity contribution in [2.45, 2.75) is 12.2 Å². The monoisotopic (exact) mass is 300 g/mol. The molecule has 0 radical (unpaired) electrons. The van der Waals surface area contributed by atoms with E-state index in [0.29, 0.717) is 0 Å². The molecule has 0 unspecified atom stereocenters. The summed E-state index contributed by atoms with van der Waals surface area (Å²) in [7, 11) is 0. The van der Waals surface area contributed by atoms with Crippen LogP contribution in [0.4, 0.5) is 0 Å². The van der Waals surface area contributed by atoms with Gasteiger partial charge in [-0.25, -0.2) is 0 Å². The molecule has 1 aromatic carbocycles. The average molecular weight is 300 g/mol. The van der Waals surface area contributed by atoms with Crippen LogP contribution in [0.1, 0.15) is 10.4 Å². The zero-order valence-corrected chi connectivity index (χ0v) is 11.3. The summed E-state index contributed by atoms with van der Waals surface area (Å²) < 4.78 is 5.51. The summed E-state index contributed by atoms with van der Waals surface area (Å²) in [6.07, 6.45) is 2.76. The highest BCUT2D eigenvalue weighted by atomic mass is 16.5. The Balaban J connectivity index is 1.56. The predicted octanol–water partition coefficient (Wildman–Crippen LogP) is -0.0246. The Morgan fingerprint density at radius 1 is 1.14 bits per heavy atom. The van der Waals surface area contributed by atoms with E-state index >= 15 is 0 Å². The number of rotatable bonds is 2. The molecule has 7 nitrogen and oxygen atoms in total. The molecule has 0 spiro atoms. The van der Waals surface area contributed by atoms with Crippen molar-refractivity contribution in [1.82, 2.24) is 10.4 Å². The Morgan fingerprint density at radius 2 is 1.77 bits per heavy atom. The van der Waals surface area contributed by atoms with Gasteiger partial charge in [0.15, 0.2) is 0 Å². The lowest BCUT2D eigenvalue weighted by Crippen LogP contribution is -2.47. The number of hydrogen-bond donors (Lipinski definition) is 2. The highest BCUT2D eigenvalue weighted by molar-refractivity contribution is 6.09. The van der Waals surface area contributed by atoms with Crippen LogP contribution in [0.5, 0.6) is 5.75 Å². The second kappa shape index (κ2) is 4.41. The Morgan fingerprint density at radius 3 is 2.36 bits per heavy atom. The summed E-state index contributed by atoms with van der Waals surface area (Å²) in [6, 6.07) is 5.67. The molecular formula is C15H12N2O5. The quantitative estimate of drug-likeness (QED) is 0.591.